The Labute approximate surface area is 239 Å². The molecule has 0 saturated heterocycles. The van der Waals surface area contributed by atoms with Crippen LogP contribution in [0, 0.1) is 0 Å². The number of rotatable bonds is 9. The lowest BCUT2D eigenvalue weighted by atomic mass is 9.95. The van der Waals surface area contributed by atoms with E-state index >= 15 is 13.2 Å². The molecule has 4 rings (SSSR count). The largest absolute Gasteiger partial charge is 0.399 e. The van der Waals surface area contributed by atoms with Crippen LogP contribution in [0.1, 0.15) is 41.0 Å². The number of nitrogens with one attached hydrogen (secondary N) is 2. The second-order valence-corrected chi connectivity index (χ2v) is 10.6. The number of allylic oxidation sites excluding steroid dienone is 1. The Morgan fingerprint density at radius 3 is 2.20 bits per heavy atom. The number of benzene rings is 2. The van der Waals surface area contributed by atoms with E-state index in [1.807, 2.05) is 0 Å². The van der Waals surface area contributed by atoms with Crippen LogP contribution in [0.3, 0.4) is 0 Å². The van der Waals surface area contributed by atoms with E-state index in [0.717, 1.165) is 30.3 Å². The standard InChI is InChI=1S/C26H20Cl3F8N3/c1-12-16-4-3-14(21(30)10-17(25(33,34)35)15-8-19(27)23(29)20(28)9-15)7-18(16)26(36,37)40(12)39-24(5-6-24)13(2)38-11-22(31)32/h3-4,7-10,17,22,38-39H,1-2,5-6,11H2/b21-10-. The third kappa shape index (κ3) is 5.79. The summed E-state index contributed by atoms with van der Waals surface area (Å²) in [6.07, 6.45) is -6.82. The minimum atomic E-state index is -4.99. The van der Waals surface area contributed by atoms with Crippen LogP contribution < -0.4 is 10.7 Å². The van der Waals surface area contributed by atoms with E-state index in [9.17, 15) is 22.0 Å². The monoisotopic (exact) mass is 631 g/mol. The second-order valence-electron chi connectivity index (χ2n) is 9.36. The zero-order valence-electron chi connectivity index (χ0n) is 20.3. The maximum Gasteiger partial charge on any atom is 0.399 e. The third-order valence-corrected chi connectivity index (χ3v) is 7.83. The van der Waals surface area contributed by atoms with E-state index < -0.39 is 59.2 Å². The van der Waals surface area contributed by atoms with E-state index in [2.05, 4.69) is 23.9 Å². The molecule has 2 aromatic carbocycles. The molecule has 1 atom stereocenters. The van der Waals surface area contributed by atoms with Gasteiger partial charge in [0.15, 0.2) is 0 Å². The fourth-order valence-electron chi connectivity index (χ4n) is 4.31. The lowest BCUT2D eigenvalue weighted by Crippen LogP contribution is -2.52. The van der Waals surface area contributed by atoms with Gasteiger partial charge in [-0.2, -0.15) is 22.0 Å². The van der Waals surface area contributed by atoms with Gasteiger partial charge in [0.05, 0.1) is 38.4 Å². The summed E-state index contributed by atoms with van der Waals surface area (Å²) in [6, 6.07) is 0.840. The van der Waals surface area contributed by atoms with E-state index in [0.29, 0.717) is 17.9 Å². The van der Waals surface area contributed by atoms with Gasteiger partial charge in [-0.25, -0.2) is 23.6 Å². The molecule has 1 aliphatic carbocycles. The first-order valence-corrected chi connectivity index (χ1v) is 12.7. The van der Waals surface area contributed by atoms with Crippen molar-refractivity contribution in [3.05, 3.63) is 92.6 Å². The van der Waals surface area contributed by atoms with Crippen molar-refractivity contribution < 1.29 is 35.1 Å². The molecule has 2 aromatic rings. The Kier molecular flexibility index (Phi) is 8.19. The van der Waals surface area contributed by atoms with Gasteiger partial charge in [-0.05, 0) is 42.7 Å². The molecule has 1 saturated carbocycles. The summed E-state index contributed by atoms with van der Waals surface area (Å²) in [6.45, 7) is 6.61. The maximum absolute atomic E-state index is 15.5. The lowest BCUT2D eigenvalue weighted by Gasteiger charge is -2.33. The molecule has 14 heteroatoms. The van der Waals surface area contributed by atoms with Crippen LogP contribution >= 0.6 is 34.8 Å². The van der Waals surface area contributed by atoms with Gasteiger partial charge < -0.3 is 5.32 Å². The van der Waals surface area contributed by atoms with Crippen molar-refractivity contribution >= 4 is 46.3 Å². The smallest absolute Gasteiger partial charge is 0.382 e. The molecule has 2 N–H and O–H groups in total. The quantitative estimate of drug-likeness (QED) is 0.164. The third-order valence-electron chi connectivity index (χ3n) is 6.64. The number of alkyl halides is 7. The molecule has 0 spiro atoms. The summed E-state index contributed by atoms with van der Waals surface area (Å²) in [5.74, 6) is -3.95. The van der Waals surface area contributed by atoms with Gasteiger partial charge in [0, 0.05) is 16.8 Å². The molecule has 40 heavy (non-hydrogen) atoms. The Bertz CT molecular complexity index is 1360. The van der Waals surface area contributed by atoms with Crippen molar-refractivity contribution in [1.29, 1.82) is 0 Å². The van der Waals surface area contributed by atoms with Crippen molar-refractivity contribution in [2.24, 2.45) is 0 Å². The molecule has 0 radical (unpaired) electrons. The minimum Gasteiger partial charge on any atom is -0.382 e. The molecule has 0 aromatic heterocycles. The van der Waals surface area contributed by atoms with Gasteiger partial charge in [0.1, 0.15) is 11.7 Å². The fourth-order valence-corrected chi connectivity index (χ4v) is 4.92. The normalized spacial score (nSPS) is 18.6. The maximum atomic E-state index is 15.5. The highest BCUT2D eigenvalue weighted by molar-refractivity contribution is 6.48. The highest BCUT2D eigenvalue weighted by Crippen LogP contribution is 2.51. The van der Waals surface area contributed by atoms with E-state index in [4.69, 9.17) is 34.8 Å². The zero-order valence-corrected chi connectivity index (χ0v) is 22.5. The van der Waals surface area contributed by atoms with Gasteiger partial charge in [-0.15, -0.1) is 0 Å². The van der Waals surface area contributed by atoms with E-state index in [-0.39, 0.29) is 38.1 Å². The first kappa shape index (κ1) is 30.5. The molecule has 0 bridgehead atoms. The fraction of sp³-hybridized carbons (Fsp3) is 0.308. The van der Waals surface area contributed by atoms with Crippen molar-refractivity contribution in [1.82, 2.24) is 15.8 Å². The average molecular weight is 633 g/mol. The molecule has 1 unspecified atom stereocenters. The SMILES string of the molecule is C=C1c2ccc(/C(F)=C/C(c3cc(Cl)c(Cl)c(Cl)c3)C(F)(F)F)cc2C(F)(F)N1NC1(C(=C)NCC(F)F)CC1. The van der Waals surface area contributed by atoms with Crippen molar-refractivity contribution in [2.75, 3.05) is 6.54 Å². The summed E-state index contributed by atoms with van der Waals surface area (Å²) in [7, 11) is 0. The first-order valence-electron chi connectivity index (χ1n) is 11.6. The van der Waals surface area contributed by atoms with Crippen LogP contribution in [0.5, 0.6) is 0 Å². The molecule has 2 aliphatic rings. The average Bonchev–Trinajstić information content (AvgIpc) is 3.63. The van der Waals surface area contributed by atoms with Crippen molar-refractivity contribution in [2.45, 2.75) is 42.9 Å². The predicted molar refractivity (Wildman–Crippen MR) is 139 cm³/mol. The Morgan fingerprint density at radius 1 is 1.07 bits per heavy atom. The van der Waals surface area contributed by atoms with Gasteiger partial charge in [-0.1, -0.05) is 60.1 Å². The molecule has 1 fully saturated rings. The van der Waals surface area contributed by atoms with Gasteiger partial charge in [0.2, 0.25) is 0 Å². The van der Waals surface area contributed by atoms with Crippen LogP contribution in [0.15, 0.2) is 55.3 Å². The number of hydrogen-bond donors (Lipinski definition) is 2. The molecule has 3 nitrogen and oxygen atoms in total. The number of nitrogens with zero attached hydrogens (tertiary/aromatic N) is 1. The van der Waals surface area contributed by atoms with Crippen LogP contribution in [0.25, 0.3) is 11.5 Å². The zero-order chi connectivity index (χ0) is 29.8. The highest BCUT2D eigenvalue weighted by Gasteiger charge is 2.55. The molecule has 1 aliphatic heterocycles. The van der Waals surface area contributed by atoms with Crippen LogP contribution in [-0.2, 0) is 6.05 Å². The number of hydrogen-bond acceptors (Lipinski definition) is 3. The highest BCUT2D eigenvalue weighted by atomic mass is 35.5. The van der Waals surface area contributed by atoms with Gasteiger partial charge >= 0.3 is 12.2 Å². The summed E-state index contributed by atoms with van der Waals surface area (Å²) < 4.78 is 113. The Balaban J connectivity index is 1.64. The van der Waals surface area contributed by atoms with E-state index in [1.54, 1.807) is 0 Å². The second kappa shape index (κ2) is 10.7. The molecular weight excluding hydrogens is 613 g/mol. The van der Waals surface area contributed by atoms with Crippen LogP contribution in [-0.4, -0.2) is 29.7 Å². The summed E-state index contributed by atoms with van der Waals surface area (Å²) in [4.78, 5) is 0. The topological polar surface area (TPSA) is 27.3 Å². The van der Waals surface area contributed by atoms with Crippen LogP contribution in [0.4, 0.5) is 35.1 Å². The minimum absolute atomic E-state index is 0.0837. The number of fused-ring (bicyclic) bond motifs is 1. The first-order chi connectivity index (χ1) is 18.5. The Morgan fingerprint density at radius 2 is 1.68 bits per heavy atom. The molecule has 0 amide bonds. The lowest BCUT2D eigenvalue weighted by molar-refractivity contribution is -0.143. The number of hydrazine groups is 1. The molecule has 1 heterocycles. The summed E-state index contributed by atoms with van der Waals surface area (Å²) in [5, 5.41) is 2.11. The van der Waals surface area contributed by atoms with Crippen molar-refractivity contribution in [3.63, 3.8) is 0 Å². The van der Waals surface area contributed by atoms with Crippen LogP contribution in [0.2, 0.25) is 15.1 Å². The van der Waals surface area contributed by atoms with Gasteiger partial charge in [0.25, 0.3) is 6.43 Å². The van der Waals surface area contributed by atoms with Crippen molar-refractivity contribution in [3.8, 4) is 0 Å². The predicted octanol–water partition coefficient (Wildman–Crippen LogP) is 9.04. The summed E-state index contributed by atoms with van der Waals surface area (Å²) in [5.41, 5.74) is -0.511. The van der Waals surface area contributed by atoms with E-state index in [1.165, 1.54) is 0 Å². The Hall–Kier alpha value is -2.47. The number of halogens is 11. The summed E-state index contributed by atoms with van der Waals surface area (Å²) >= 11 is 17.5. The van der Waals surface area contributed by atoms with Gasteiger partial charge in [-0.3, -0.25) is 0 Å². The molecular formula is C26H20Cl3F8N3. The molecule has 216 valence electrons.